The molecule has 27 heavy (non-hydrogen) atoms. The van der Waals surface area contributed by atoms with Crippen molar-refractivity contribution < 1.29 is 9.32 Å². The Bertz CT molecular complexity index is 1020. The summed E-state index contributed by atoms with van der Waals surface area (Å²) in [4.78, 5) is 33.1. The van der Waals surface area contributed by atoms with Gasteiger partial charge in [0.2, 0.25) is 5.91 Å². The molecule has 0 unspecified atom stereocenters. The van der Waals surface area contributed by atoms with Crippen LogP contribution in [-0.4, -0.2) is 55.5 Å². The Hall–Kier alpha value is -2.97. The van der Waals surface area contributed by atoms with Crippen molar-refractivity contribution in [2.24, 2.45) is 0 Å². The molecule has 2 aliphatic rings. The first-order chi connectivity index (χ1) is 13.1. The van der Waals surface area contributed by atoms with Crippen molar-refractivity contribution >= 4 is 22.8 Å². The smallest absolute Gasteiger partial charge is 0.263 e. The molecule has 1 amide bonds. The molecule has 5 heterocycles. The van der Waals surface area contributed by atoms with Gasteiger partial charge in [-0.3, -0.25) is 4.79 Å². The summed E-state index contributed by atoms with van der Waals surface area (Å²) in [7, 11) is 0. The van der Waals surface area contributed by atoms with E-state index in [1.807, 2.05) is 11.8 Å². The number of carbonyl (C=O) groups excluding carboxylic acids is 1. The fraction of sp³-hybridized carbons (Fsp3) is 0.500. The molecule has 3 aromatic heterocycles. The number of aryl methyl sites for hydroxylation is 1. The van der Waals surface area contributed by atoms with Crippen LogP contribution in [0.5, 0.6) is 0 Å². The zero-order chi connectivity index (χ0) is 18.6. The first-order valence-electron chi connectivity index (χ1n) is 9.23. The number of aromatic amines is 1. The summed E-state index contributed by atoms with van der Waals surface area (Å²) in [5, 5.41) is 4.88. The molecule has 2 aliphatic heterocycles. The summed E-state index contributed by atoms with van der Waals surface area (Å²) >= 11 is 0. The largest absolute Gasteiger partial charge is 0.356 e. The average molecular weight is 367 g/mol. The molecule has 5 rings (SSSR count). The van der Waals surface area contributed by atoms with Crippen molar-refractivity contribution in [1.82, 2.24) is 30.0 Å². The highest BCUT2D eigenvalue weighted by molar-refractivity contribution is 5.88. The predicted octanol–water partition coefficient (Wildman–Crippen LogP) is 1.55. The monoisotopic (exact) mass is 367 g/mol. The van der Waals surface area contributed by atoms with E-state index in [0.717, 1.165) is 67.2 Å². The Morgan fingerprint density at radius 1 is 1.22 bits per heavy atom. The highest BCUT2D eigenvalue weighted by Crippen LogP contribution is 2.43. The van der Waals surface area contributed by atoms with Gasteiger partial charge < -0.3 is 19.3 Å². The van der Waals surface area contributed by atoms with Crippen LogP contribution >= 0.6 is 0 Å². The molecule has 9 heteroatoms. The molecule has 0 radical (unpaired) electrons. The van der Waals surface area contributed by atoms with E-state index < -0.39 is 0 Å². The topological polar surface area (TPSA) is 104 Å². The quantitative estimate of drug-likeness (QED) is 0.696. The van der Waals surface area contributed by atoms with E-state index in [-0.39, 0.29) is 11.4 Å². The number of rotatable bonds is 1. The first kappa shape index (κ1) is 16.2. The molecule has 140 valence electrons. The van der Waals surface area contributed by atoms with Gasteiger partial charge >= 0.3 is 0 Å². The van der Waals surface area contributed by atoms with Crippen LogP contribution in [0.25, 0.3) is 11.1 Å². The number of nitrogens with one attached hydrogen (secondary N) is 1. The maximum atomic E-state index is 12.4. The number of aromatic nitrogens is 5. The van der Waals surface area contributed by atoms with Gasteiger partial charge in [-0.2, -0.15) is 4.98 Å². The molecule has 0 aliphatic carbocycles. The first-order valence-corrected chi connectivity index (χ1v) is 9.23. The third kappa shape index (κ3) is 2.27. The highest BCUT2D eigenvalue weighted by Gasteiger charge is 2.48. The molecular weight excluding hydrogens is 346 g/mol. The third-order valence-corrected chi connectivity index (χ3v) is 5.95. The maximum Gasteiger partial charge on any atom is 0.263 e. The number of anilines is 1. The van der Waals surface area contributed by atoms with Crippen molar-refractivity contribution in [2.75, 3.05) is 24.5 Å². The number of H-pyrrole nitrogens is 1. The normalized spacial score (nSPS) is 18.9. The van der Waals surface area contributed by atoms with Crippen LogP contribution in [-0.2, 0) is 16.8 Å². The highest BCUT2D eigenvalue weighted by atomic mass is 16.5. The fourth-order valence-corrected chi connectivity index (χ4v) is 4.68. The number of hydrogen-bond donors (Lipinski definition) is 1. The van der Waals surface area contributed by atoms with E-state index >= 15 is 0 Å². The van der Waals surface area contributed by atoms with Crippen molar-refractivity contribution in [3.05, 3.63) is 29.7 Å². The molecule has 0 atom stereocenters. The molecular formula is C18H21N7O2. The van der Waals surface area contributed by atoms with Crippen molar-refractivity contribution in [3.63, 3.8) is 0 Å². The van der Waals surface area contributed by atoms with Crippen LogP contribution in [0.1, 0.15) is 36.8 Å². The molecule has 9 nitrogen and oxygen atoms in total. The Morgan fingerprint density at radius 2 is 2.04 bits per heavy atom. The van der Waals surface area contributed by atoms with E-state index in [1.54, 1.807) is 13.3 Å². The number of carbonyl (C=O) groups is 1. The van der Waals surface area contributed by atoms with E-state index in [2.05, 4.69) is 30.0 Å². The van der Waals surface area contributed by atoms with E-state index in [1.165, 1.54) is 6.33 Å². The molecule has 1 N–H and O–H groups in total. The van der Waals surface area contributed by atoms with Gasteiger partial charge in [0.15, 0.2) is 0 Å². The summed E-state index contributed by atoms with van der Waals surface area (Å²) in [6, 6.07) is 0. The van der Waals surface area contributed by atoms with Gasteiger partial charge in [0.05, 0.1) is 23.3 Å². The summed E-state index contributed by atoms with van der Waals surface area (Å²) in [5.74, 6) is 0.956. The lowest BCUT2D eigenvalue weighted by molar-refractivity contribution is -0.138. The molecule has 0 aromatic carbocycles. The van der Waals surface area contributed by atoms with Crippen LogP contribution in [0.2, 0.25) is 0 Å². The lowest BCUT2D eigenvalue weighted by atomic mass is 9.78. The second-order valence-electron chi connectivity index (χ2n) is 7.31. The standard InChI is InChI=1S/C18H21N7O2/c1-11-14-16(21-10-22-17(14)27-23-11)24-7-4-18(5-8-24)15-13(19-9-20-15)3-6-25(18)12(2)26/h9-10H,3-8H2,1-2H3,(H,19,20). The maximum absolute atomic E-state index is 12.4. The molecule has 0 bridgehead atoms. The van der Waals surface area contributed by atoms with Gasteiger partial charge in [-0.15, -0.1) is 0 Å². The lowest BCUT2D eigenvalue weighted by Gasteiger charge is -2.50. The summed E-state index contributed by atoms with van der Waals surface area (Å²) in [5.41, 5.74) is 3.14. The van der Waals surface area contributed by atoms with Crippen molar-refractivity contribution in [1.29, 1.82) is 0 Å². The minimum atomic E-state index is -0.342. The van der Waals surface area contributed by atoms with Crippen molar-refractivity contribution in [2.45, 2.75) is 38.6 Å². The van der Waals surface area contributed by atoms with Crippen LogP contribution < -0.4 is 4.90 Å². The molecule has 1 fully saturated rings. The van der Waals surface area contributed by atoms with Crippen LogP contribution in [0, 0.1) is 6.92 Å². The van der Waals surface area contributed by atoms with Crippen LogP contribution in [0.3, 0.4) is 0 Å². The van der Waals surface area contributed by atoms with Gasteiger partial charge in [0.25, 0.3) is 5.71 Å². The van der Waals surface area contributed by atoms with Gasteiger partial charge in [-0.1, -0.05) is 5.16 Å². The summed E-state index contributed by atoms with van der Waals surface area (Å²) in [6.45, 7) is 5.83. The number of amides is 1. The zero-order valence-electron chi connectivity index (χ0n) is 15.4. The fourth-order valence-electron chi connectivity index (χ4n) is 4.68. The average Bonchev–Trinajstić information content (AvgIpc) is 3.30. The molecule has 0 saturated carbocycles. The van der Waals surface area contributed by atoms with Crippen molar-refractivity contribution in [3.8, 4) is 0 Å². The van der Waals surface area contributed by atoms with Gasteiger partial charge in [-0.25, -0.2) is 9.97 Å². The number of nitrogens with zero attached hydrogens (tertiary/aromatic N) is 6. The number of hydrogen-bond acceptors (Lipinski definition) is 7. The van der Waals surface area contributed by atoms with E-state index in [0.29, 0.717) is 5.71 Å². The summed E-state index contributed by atoms with van der Waals surface area (Å²) in [6.07, 6.45) is 5.70. The minimum absolute atomic E-state index is 0.108. The van der Waals surface area contributed by atoms with Gasteiger partial charge in [0.1, 0.15) is 17.5 Å². The Balaban J connectivity index is 1.50. The van der Waals surface area contributed by atoms with E-state index in [9.17, 15) is 4.79 Å². The predicted molar refractivity (Wildman–Crippen MR) is 97.1 cm³/mol. The van der Waals surface area contributed by atoms with E-state index in [4.69, 9.17) is 4.52 Å². The molecule has 1 saturated heterocycles. The number of fused-ring (bicyclic) bond motifs is 3. The zero-order valence-corrected chi connectivity index (χ0v) is 15.4. The molecule has 1 spiro atoms. The summed E-state index contributed by atoms with van der Waals surface area (Å²) < 4.78 is 5.28. The molecule has 3 aromatic rings. The van der Waals surface area contributed by atoms with Crippen LogP contribution in [0.15, 0.2) is 17.2 Å². The Morgan fingerprint density at radius 3 is 2.81 bits per heavy atom. The Kier molecular flexibility index (Phi) is 3.46. The second kappa shape index (κ2) is 5.77. The number of imidazole rings is 1. The van der Waals surface area contributed by atoms with Crippen LogP contribution in [0.4, 0.5) is 5.82 Å². The third-order valence-electron chi connectivity index (χ3n) is 5.95. The van der Waals surface area contributed by atoms with Gasteiger partial charge in [-0.05, 0) is 19.8 Å². The SMILES string of the molecule is CC(=O)N1CCc2[nH]cnc2C12CCN(c1ncnc3onc(C)c13)CC2. The lowest BCUT2D eigenvalue weighted by Crippen LogP contribution is -2.58. The minimum Gasteiger partial charge on any atom is -0.356 e. The second-order valence-corrected chi connectivity index (χ2v) is 7.31. The Labute approximate surface area is 155 Å². The van der Waals surface area contributed by atoms with Gasteiger partial charge in [0, 0.05) is 38.7 Å². The number of piperidine rings is 1.